The lowest BCUT2D eigenvalue weighted by Crippen LogP contribution is -2.45. The molecule has 218 valence electrons. The molecule has 9 heteroatoms. The number of nitrogens with zero attached hydrogens (tertiary/aromatic N) is 2. The van der Waals surface area contributed by atoms with Crippen LogP contribution in [0.15, 0.2) is 78.9 Å². The normalized spacial score (nSPS) is 15.4. The highest BCUT2D eigenvalue weighted by Crippen LogP contribution is 2.37. The van der Waals surface area contributed by atoms with E-state index in [1.165, 1.54) is 5.56 Å². The van der Waals surface area contributed by atoms with Crippen molar-refractivity contribution in [3.05, 3.63) is 106 Å². The average molecular weight is 610 g/mol. The van der Waals surface area contributed by atoms with E-state index in [0.29, 0.717) is 28.8 Å². The van der Waals surface area contributed by atoms with E-state index in [9.17, 15) is 9.90 Å². The molecule has 6 nitrogen and oxygen atoms in total. The van der Waals surface area contributed by atoms with Crippen molar-refractivity contribution in [2.24, 2.45) is 0 Å². The number of piperidine rings is 1. The SMILES string of the molecule is CN(CC(CCN1CCC(OCCO)(c2ccccc2)CC1)c1ccc(Cl)c(Cl)c1)C(=O)c1ccccc1.Cl.O. The summed E-state index contributed by atoms with van der Waals surface area (Å²) in [6.45, 7) is 3.60. The first-order chi connectivity index (χ1) is 18.4. The van der Waals surface area contributed by atoms with Crippen LogP contribution in [-0.2, 0) is 10.3 Å². The van der Waals surface area contributed by atoms with Crippen LogP contribution in [0.5, 0.6) is 0 Å². The van der Waals surface area contributed by atoms with Gasteiger partial charge in [0.1, 0.15) is 0 Å². The highest BCUT2D eigenvalue weighted by Gasteiger charge is 2.37. The molecule has 0 aromatic heterocycles. The van der Waals surface area contributed by atoms with E-state index in [0.717, 1.165) is 44.5 Å². The molecule has 1 atom stereocenters. The third kappa shape index (κ3) is 8.67. The summed E-state index contributed by atoms with van der Waals surface area (Å²) in [5, 5.41) is 10.5. The van der Waals surface area contributed by atoms with E-state index in [1.807, 2.05) is 73.8 Å². The number of hydrogen-bond acceptors (Lipinski definition) is 4. The van der Waals surface area contributed by atoms with E-state index in [4.69, 9.17) is 27.9 Å². The summed E-state index contributed by atoms with van der Waals surface area (Å²) in [6.07, 6.45) is 2.60. The van der Waals surface area contributed by atoms with Crippen molar-refractivity contribution in [3.63, 3.8) is 0 Å². The van der Waals surface area contributed by atoms with Crippen LogP contribution in [0, 0.1) is 0 Å². The van der Waals surface area contributed by atoms with Crippen molar-refractivity contribution < 1.29 is 20.1 Å². The Hall–Kier alpha value is -2.16. The molecule has 0 saturated carbocycles. The van der Waals surface area contributed by atoms with Gasteiger partial charge in [0.25, 0.3) is 5.91 Å². The van der Waals surface area contributed by atoms with Crippen LogP contribution in [0.1, 0.15) is 46.7 Å². The van der Waals surface area contributed by atoms with E-state index >= 15 is 0 Å². The number of aliphatic hydroxyl groups is 1. The van der Waals surface area contributed by atoms with Crippen molar-refractivity contribution in [1.29, 1.82) is 0 Å². The summed E-state index contributed by atoms with van der Waals surface area (Å²) >= 11 is 12.6. The van der Waals surface area contributed by atoms with Crippen LogP contribution >= 0.6 is 35.6 Å². The third-order valence-corrected chi connectivity index (χ3v) is 8.24. The molecular weight excluding hydrogens is 571 g/mol. The molecule has 0 bridgehead atoms. The zero-order valence-electron chi connectivity index (χ0n) is 22.8. The summed E-state index contributed by atoms with van der Waals surface area (Å²) in [6, 6.07) is 25.5. The quantitative estimate of drug-likeness (QED) is 0.296. The maximum absolute atomic E-state index is 13.1. The molecule has 4 rings (SSSR count). The molecule has 1 aliphatic heterocycles. The number of rotatable bonds is 11. The molecule has 3 N–H and O–H groups in total. The van der Waals surface area contributed by atoms with Gasteiger partial charge < -0.3 is 25.1 Å². The number of aliphatic hydroxyl groups excluding tert-OH is 1. The fourth-order valence-corrected chi connectivity index (χ4v) is 5.63. The lowest BCUT2D eigenvalue weighted by Gasteiger charge is -2.42. The molecule has 40 heavy (non-hydrogen) atoms. The van der Waals surface area contributed by atoms with Crippen molar-refractivity contribution >= 4 is 41.5 Å². The molecule has 1 amide bonds. The Kier molecular flexibility index (Phi) is 13.9. The molecule has 1 fully saturated rings. The average Bonchev–Trinajstić information content (AvgIpc) is 2.96. The lowest BCUT2D eigenvalue weighted by atomic mass is 9.83. The molecule has 1 heterocycles. The second-order valence-electron chi connectivity index (χ2n) is 9.98. The number of carbonyl (C=O) groups excluding carboxylic acids is 1. The standard InChI is InChI=1S/C31H36Cl2N2O3.ClH.H2O/c1-34(30(37)24-8-4-2-5-9-24)23-26(25-12-13-28(32)29(33)22-25)14-17-35-18-15-31(16-19-35,38-21-20-36)27-10-6-3-7-11-27;;/h2-13,22,26,36H,14-21,23H2,1H3;1H;1H2. The van der Waals surface area contributed by atoms with Crippen molar-refractivity contribution in [2.45, 2.75) is 30.8 Å². The van der Waals surface area contributed by atoms with Crippen molar-refractivity contribution in [3.8, 4) is 0 Å². The number of hydrogen-bond donors (Lipinski definition) is 1. The Morgan fingerprint density at radius 3 is 2.23 bits per heavy atom. The molecule has 1 unspecified atom stereocenters. The molecule has 1 aliphatic rings. The van der Waals surface area contributed by atoms with Gasteiger partial charge in [-0.15, -0.1) is 12.4 Å². The number of likely N-dealkylation sites (N-methyl/N-ethyl adjacent to an activating group) is 1. The van der Waals surface area contributed by atoms with E-state index in [2.05, 4.69) is 17.0 Å². The predicted molar refractivity (Wildman–Crippen MR) is 165 cm³/mol. The van der Waals surface area contributed by atoms with Crippen LogP contribution < -0.4 is 0 Å². The maximum atomic E-state index is 13.1. The Balaban J connectivity index is 0.00000280. The van der Waals surface area contributed by atoms with Crippen LogP contribution in [0.3, 0.4) is 0 Å². The molecular formula is C31H39Cl3N2O4. The van der Waals surface area contributed by atoms with Gasteiger partial charge in [0.15, 0.2) is 0 Å². The Morgan fingerprint density at radius 1 is 1.00 bits per heavy atom. The van der Waals surface area contributed by atoms with E-state index in [1.54, 1.807) is 4.90 Å². The number of ether oxygens (including phenoxy) is 1. The van der Waals surface area contributed by atoms with E-state index < -0.39 is 0 Å². The minimum absolute atomic E-state index is 0. The third-order valence-electron chi connectivity index (χ3n) is 7.50. The summed E-state index contributed by atoms with van der Waals surface area (Å²) in [7, 11) is 1.85. The number of amides is 1. The van der Waals surface area contributed by atoms with Gasteiger partial charge in [-0.3, -0.25) is 4.79 Å². The highest BCUT2D eigenvalue weighted by molar-refractivity contribution is 6.42. The summed E-state index contributed by atoms with van der Waals surface area (Å²) in [5.74, 6) is 0.108. The molecule has 0 aliphatic carbocycles. The van der Waals surface area contributed by atoms with Gasteiger partial charge in [-0.1, -0.05) is 77.8 Å². The van der Waals surface area contributed by atoms with Gasteiger partial charge >= 0.3 is 0 Å². The van der Waals surface area contributed by atoms with Crippen LogP contribution in [0.4, 0.5) is 0 Å². The molecule has 3 aromatic rings. The maximum Gasteiger partial charge on any atom is 0.253 e. The first-order valence-corrected chi connectivity index (χ1v) is 14.0. The minimum atomic E-state index is -0.369. The zero-order chi connectivity index (χ0) is 27.0. The Morgan fingerprint density at radius 2 is 1.62 bits per heavy atom. The van der Waals surface area contributed by atoms with Gasteiger partial charge in [-0.2, -0.15) is 0 Å². The number of halogens is 3. The van der Waals surface area contributed by atoms with Gasteiger partial charge in [-0.05, 0) is 61.2 Å². The monoisotopic (exact) mass is 608 g/mol. The fraction of sp³-hybridized carbons (Fsp3) is 0.387. The van der Waals surface area contributed by atoms with Gasteiger partial charge in [0, 0.05) is 38.2 Å². The Bertz CT molecular complexity index is 1180. The smallest absolute Gasteiger partial charge is 0.253 e. The van der Waals surface area contributed by atoms with Crippen molar-refractivity contribution in [2.75, 3.05) is 46.4 Å². The summed E-state index contributed by atoms with van der Waals surface area (Å²) in [5.41, 5.74) is 2.56. The fourth-order valence-electron chi connectivity index (χ4n) is 5.32. The highest BCUT2D eigenvalue weighted by atomic mass is 35.5. The van der Waals surface area contributed by atoms with Gasteiger partial charge in [0.2, 0.25) is 0 Å². The number of carbonyl (C=O) groups is 1. The van der Waals surface area contributed by atoms with Gasteiger partial charge in [-0.25, -0.2) is 0 Å². The van der Waals surface area contributed by atoms with E-state index in [-0.39, 0.29) is 41.9 Å². The number of likely N-dealkylation sites (tertiary alicyclic amines) is 1. The van der Waals surface area contributed by atoms with Gasteiger partial charge in [0.05, 0.1) is 28.9 Å². The number of benzene rings is 3. The second-order valence-corrected chi connectivity index (χ2v) is 10.8. The molecule has 1 saturated heterocycles. The van der Waals surface area contributed by atoms with Crippen LogP contribution in [0.25, 0.3) is 0 Å². The molecule has 0 radical (unpaired) electrons. The lowest BCUT2D eigenvalue weighted by molar-refractivity contribution is -0.0986. The largest absolute Gasteiger partial charge is 0.412 e. The second kappa shape index (κ2) is 16.3. The first kappa shape index (κ1) is 34.0. The first-order valence-electron chi connectivity index (χ1n) is 13.2. The van der Waals surface area contributed by atoms with Crippen LogP contribution in [-0.4, -0.2) is 72.7 Å². The van der Waals surface area contributed by atoms with Crippen LogP contribution in [0.2, 0.25) is 10.0 Å². The predicted octanol–water partition coefficient (Wildman–Crippen LogP) is 5.84. The topological polar surface area (TPSA) is 84.5 Å². The zero-order valence-corrected chi connectivity index (χ0v) is 25.1. The molecule has 0 spiro atoms. The Labute approximate surface area is 253 Å². The minimum Gasteiger partial charge on any atom is -0.412 e. The molecule has 3 aromatic carbocycles. The van der Waals surface area contributed by atoms with Crippen molar-refractivity contribution in [1.82, 2.24) is 9.80 Å². The summed E-state index contributed by atoms with van der Waals surface area (Å²) in [4.78, 5) is 17.3. The summed E-state index contributed by atoms with van der Waals surface area (Å²) < 4.78 is 6.25.